The Morgan fingerprint density at radius 3 is 3.08 bits per heavy atom. The highest BCUT2D eigenvalue weighted by Gasteiger charge is 2.03. The summed E-state index contributed by atoms with van der Waals surface area (Å²) in [6, 6.07) is 0. The Kier molecular flexibility index (Phi) is 1.70. The zero-order valence-electron chi connectivity index (χ0n) is 7.20. The van der Waals surface area contributed by atoms with E-state index >= 15 is 0 Å². The summed E-state index contributed by atoms with van der Waals surface area (Å²) in [5.41, 5.74) is 2.28. The van der Waals surface area contributed by atoms with Gasteiger partial charge >= 0.3 is 0 Å². The van der Waals surface area contributed by atoms with E-state index in [0.717, 1.165) is 11.2 Å². The fourth-order valence-corrected chi connectivity index (χ4v) is 1.06. The highest BCUT2D eigenvalue weighted by molar-refractivity contribution is 5.82. The van der Waals surface area contributed by atoms with Crippen molar-refractivity contribution < 1.29 is 0 Å². The SMILES string of the molecule is C=C(C)Nc1ncnc2nc[nH]c12. The van der Waals surface area contributed by atoms with Crippen molar-refractivity contribution in [3.8, 4) is 0 Å². The molecule has 0 amide bonds. The Bertz CT molecular complexity index is 444. The molecule has 2 aromatic rings. The van der Waals surface area contributed by atoms with Gasteiger partial charge in [0, 0.05) is 5.70 Å². The molecule has 0 radical (unpaired) electrons. The van der Waals surface area contributed by atoms with E-state index in [1.165, 1.54) is 6.33 Å². The van der Waals surface area contributed by atoms with Gasteiger partial charge in [0.25, 0.3) is 0 Å². The van der Waals surface area contributed by atoms with E-state index in [1.807, 2.05) is 6.92 Å². The van der Waals surface area contributed by atoms with E-state index in [4.69, 9.17) is 0 Å². The third kappa shape index (κ3) is 1.35. The molecule has 2 aromatic heterocycles. The summed E-state index contributed by atoms with van der Waals surface area (Å²) >= 11 is 0. The molecular formula is C8H9N5. The highest BCUT2D eigenvalue weighted by Crippen LogP contribution is 2.15. The lowest BCUT2D eigenvalue weighted by molar-refractivity contribution is 1.18. The van der Waals surface area contributed by atoms with Crippen LogP contribution in [0.15, 0.2) is 24.9 Å². The first kappa shape index (κ1) is 7.72. The second-order valence-corrected chi connectivity index (χ2v) is 2.73. The molecule has 66 valence electrons. The van der Waals surface area contributed by atoms with Gasteiger partial charge in [-0.3, -0.25) is 0 Å². The summed E-state index contributed by atoms with van der Waals surface area (Å²) in [4.78, 5) is 15.0. The average molecular weight is 175 g/mol. The minimum atomic E-state index is 0.652. The first-order valence-corrected chi connectivity index (χ1v) is 3.84. The molecule has 0 bridgehead atoms. The minimum Gasteiger partial charge on any atom is -0.343 e. The number of aromatic amines is 1. The van der Waals surface area contributed by atoms with Crippen LogP contribution in [0, 0.1) is 0 Å². The van der Waals surface area contributed by atoms with E-state index in [1.54, 1.807) is 6.33 Å². The third-order valence-electron chi connectivity index (χ3n) is 1.55. The topological polar surface area (TPSA) is 66.5 Å². The largest absolute Gasteiger partial charge is 0.343 e. The monoisotopic (exact) mass is 175 g/mol. The van der Waals surface area contributed by atoms with Crippen molar-refractivity contribution in [1.82, 2.24) is 19.9 Å². The van der Waals surface area contributed by atoms with Gasteiger partial charge in [0.15, 0.2) is 11.5 Å². The zero-order chi connectivity index (χ0) is 9.26. The van der Waals surface area contributed by atoms with Crippen molar-refractivity contribution in [2.24, 2.45) is 0 Å². The Morgan fingerprint density at radius 2 is 2.31 bits per heavy atom. The molecule has 0 unspecified atom stereocenters. The maximum Gasteiger partial charge on any atom is 0.182 e. The summed E-state index contributed by atoms with van der Waals surface area (Å²) < 4.78 is 0. The van der Waals surface area contributed by atoms with Crippen molar-refractivity contribution in [3.05, 3.63) is 24.9 Å². The van der Waals surface area contributed by atoms with Crippen LogP contribution in [-0.2, 0) is 0 Å². The van der Waals surface area contributed by atoms with Gasteiger partial charge in [-0.2, -0.15) is 0 Å². The van der Waals surface area contributed by atoms with Gasteiger partial charge in [0.05, 0.1) is 6.33 Å². The Balaban J connectivity index is 2.54. The molecule has 0 atom stereocenters. The quantitative estimate of drug-likeness (QED) is 0.721. The van der Waals surface area contributed by atoms with E-state index in [0.29, 0.717) is 11.5 Å². The lowest BCUT2D eigenvalue weighted by atomic mass is 10.4. The number of hydrogen-bond acceptors (Lipinski definition) is 4. The van der Waals surface area contributed by atoms with Gasteiger partial charge in [0.2, 0.25) is 0 Å². The molecule has 2 N–H and O–H groups in total. The van der Waals surface area contributed by atoms with Crippen molar-refractivity contribution >= 4 is 17.0 Å². The van der Waals surface area contributed by atoms with Crippen molar-refractivity contribution in [3.63, 3.8) is 0 Å². The number of nitrogens with zero attached hydrogens (tertiary/aromatic N) is 3. The van der Waals surface area contributed by atoms with Gasteiger partial charge in [-0.05, 0) is 6.92 Å². The zero-order valence-corrected chi connectivity index (χ0v) is 7.20. The molecule has 0 aliphatic rings. The second-order valence-electron chi connectivity index (χ2n) is 2.73. The molecule has 5 nitrogen and oxygen atoms in total. The van der Waals surface area contributed by atoms with E-state index in [-0.39, 0.29) is 0 Å². The van der Waals surface area contributed by atoms with Gasteiger partial charge in [0.1, 0.15) is 11.8 Å². The summed E-state index contributed by atoms with van der Waals surface area (Å²) in [6.45, 7) is 5.60. The van der Waals surface area contributed by atoms with Gasteiger partial charge in [-0.25, -0.2) is 15.0 Å². The molecule has 2 rings (SSSR count). The van der Waals surface area contributed by atoms with Crippen LogP contribution in [0.4, 0.5) is 5.82 Å². The number of anilines is 1. The highest BCUT2D eigenvalue weighted by atomic mass is 15.1. The van der Waals surface area contributed by atoms with Crippen LogP contribution in [-0.4, -0.2) is 19.9 Å². The second kappa shape index (κ2) is 2.85. The van der Waals surface area contributed by atoms with Crippen LogP contribution in [0.2, 0.25) is 0 Å². The molecule has 0 aliphatic carbocycles. The maximum atomic E-state index is 4.06. The fourth-order valence-electron chi connectivity index (χ4n) is 1.06. The van der Waals surface area contributed by atoms with Crippen LogP contribution in [0.3, 0.4) is 0 Å². The molecule has 0 saturated heterocycles. The molecule has 0 aliphatic heterocycles. The third-order valence-corrected chi connectivity index (χ3v) is 1.55. The summed E-state index contributed by atoms with van der Waals surface area (Å²) in [6.07, 6.45) is 3.05. The lowest BCUT2D eigenvalue weighted by Crippen LogP contribution is -1.98. The molecule has 2 heterocycles. The maximum absolute atomic E-state index is 4.06. The number of rotatable bonds is 2. The molecule has 0 saturated carbocycles. The molecule has 0 fully saturated rings. The summed E-state index contributed by atoms with van der Waals surface area (Å²) in [5.74, 6) is 0.704. The van der Waals surface area contributed by atoms with Gasteiger partial charge in [-0.15, -0.1) is 0 Å². The number of fused-ring (bicyclic) bond motifs is 1. The molecule has 0 spiro atoms. The first-order valence-electron chi connectivity index (χ1n) is 3.84. The molecule has 0 aromatic carbocycles. The average Bonchev–Trinajstić information content (AvgIpc) is 2.51. The number of imidazole rings is 1. The molecule has 5 heteroatoms. The minimum absolute atomic E-state index is 0.652. The Morgan fingerprint density at radius 1 is 1.46 bits per heavy atom. The van der Waals surface area contributed by atoms with E-state index in [9.17, 15) is 0 Å². The number of H-pyrrole nitrogens is 1. The van der Waals surface area contributed by atoms with Crippen LogP contribution in [0.25, 0.3) is 11.2 Å². The van der Waals surface area contributed by atoms with Crippen LogP contribution in [0.5, 0.6) is 0 Å². The normalized spacial score (nSPS) is 10.2. The smallest absolute Gasteiger partial charge is 0.182 e. The molecule has 13 heavy (non-hydrogen) atoms. The summed E-state index contributed by atoms with van der Waals surface area (Å²) in [7, 11) is 0. The first-order chi connectivity index (χ1) is 6.27. The predicted molar refractivity (Wildman–Crippen MR) is 50.1 cm³/mol. The van der Waals surface area contributed by atoms with E-state index in [2.05, 4.69) is 31.8 Å². The van der Waals surface area contributed by atoms with Crippen LogP contribution >= 0.6 is 0 Å². The number of hydrogen-bond donors (Lipinski definition) is 2. The van der Waals surface area contributed by atoms with Crippen molar-refractivity contribution in [1.29, 1.82) is 0 Å². The van der Waals surface area contributed by atoms with E-state index < -0.39 is 0 Å². The number of allylic oxidation sites excluding steroid dienone is 1. The number of nitrogens with one attached hydrogen (secondary N) is 2. The van der Waals surface area contributed by atoms with Gasteiger partial charge < -0.3 is 10.3 Å². The van der Waals surface area contributed by atoms with Crippen LogP contribution in [0.1, 0.15) is 6.92 Å². The Hall–Kier alpha value is -1.91. The van der Waals surface area contributed by atoms with Gasteiger partial charge in [-0.1, -0.05) is 6.58 Å². The molecular weight excluding hydrogens is 166 g/mol. The van der Waals surface area contributed by atoms with Crippen LogP contribution < -0.4 is 5.32 Å². The predicted octanol–water partition coefficient (Wildman–Crippen LogP) is 1.30. The fraction of sp³-hybridized carbons (Fsp3) is 0.125. The van der Waals surface area contributed by atoms with Crippen molar-refractivity contribution in [2.75, 3.05) is 5.32 Å². The standard InChI is InChI=1S/C8H9N5/c1-5(2)13-8-6-7(10-3-9-6)11-4-12-8/h3-4H,1H2,2H3,(H2,9,10,11,12,13). The number of aromatic nitrogens is 4. The Labute approximate surface area is 74.9 Å². The lowest BCUT2D eigenvalue weighted by Gasteiger charge is -2.03. The summed E-state index contributed by atoms with van der Waals surface area (Å²) in [5, 5.41) is 3.02. The van der Waals surface area contributed by atoms with Crippen molar-refractivity contribution in [2.45, 2.75) is 6.92 Å².